The monoisotopic (exact) mass is 711 g/mol. The van der Waals surface area contributed by atoms with Crippen molar-refractivity contribution in [2.45, 2.75) is 9.75 Å². The topological polar surface area (TPSA) is 90.6 Å². The van der Waals surface area contributed by atoms with Gasteiger partial charge in [-0.05, 0) is 46.5 Å². The second-order valence-corrected chi connectivity index (χ2v) is 15.2. The molecule has 0 bridgehead atoms. The molecular weight excluding hydrogens is 685 g/mol. The van der Waals surface area contributed by atoms with Crippen LogP contribution in [0.2, 0.25) is 0 Å². The summed E-state index contributed by atoms with van der Waals surface area (Å²) in [6, 6.07) is 38.8. The lowest BCUT2D eigenvalue weighted by Gasteiger charge is -2.36. The molecule has 0 saturated carbocycles. The van der Waals surface area contributed by atoms with Gasteiger partial charge in [-0.15, -0.1) is 11.3 Å². The van der Waals surface area contributed by atoms with E-state index in [-0.39, 0.29) is 15.5 Å². The van der Waals surface area contributed by atoms with Gasteiger partial charge in [0.15, 0.2) is 9.84 Å². The third kappa shape index (κ3) is 5.60. The van der Waals surface area contributed by atoms with Crippen LogP contribution in [0.15, 0.2) is 150 Å². The highest BCUT2D eigenvalue weighted by Gasteiger charge is 2.40. The lowest BCUT2D eigenvalue weighted by Crippen LogP contribution is -2.38. The summed E-state index contributed by atoms with van der Waals surface area (Å²) in [7, 11) is -3.49. The van der Waals surface area contributed by atoms with Gasteiger partial charge in [0.05, 0.1) is 17.3 Å². The minimum atomic E-state index is -3.49. The summed E-state index contributed by atoms with van der Waals surface area (Å²) < 4.78 is 58.0. The molecule has 0 spiro atoms. The van der Waals surface area contributed by atoms with E-state index in [1.54, 1.807) is 10.7 Å². The average molecular weight is 712 g/mol. The SMILES string of the molecule is CS(=O)(=O)c1cnc(-c2ncnc3ccc(-c4cn(C(c5ccccc5)(c5ccccc5)c5ccccc5)nc4-c4c(F)cccc4F)cc23)s1. The molecule has 0 atom stereocenters. The summed E-state index contributed by atoms with van der Waals surface area (Å²) in [5.41, 5.74) is 3.49. The zero-order chi connectivity index (χ0) is 35.2. The lowest BCUT2D eigenvalue weighted by molar-refractivity contribution is 0.460. The molecule has 8 rings (SSSR count). The van der Waals surface area contributed by atoms with Gasteiger partial charge in [-0.25, -0.2) is 32.2 Å². The van der Waals surface area contributed by atoms with E-state index in [1.165, 1.54) is 30.7 Å². The minimum Gasteiger partial charge on any atom is -0.252 e. The number of sulfone groups is 1. The maximum absolute atomic E-state index is 15.8. The van der Waals surface area contributed by atoms with Crippen LogP contribution >= 0.6 is 11.3 Å². The van der Waals surface area contributed by atoms with Gasteiger partial charge in [-0.1, -0.05) is 103 Å². The number of thiazole rings is 1. The van der Waals surface area contributed by atoms with Gasteiger partial charge < -0.3 is 0 Å². The first-order valence-corrected chi connectivity index (χ1v) is 18.6. The molecule has 3 heterocycles. The Balaban J connectivity index is 1.45. The van der Waals surface area contributed by atoms with E-state index in [0.717, 1.165) is 34.3 Å². The van der Waals surface area contributed by atoms with E-state index < -0.39 is 27.0 Å². The number of rotatable bonds is 8. The first-order chi connectivity index (χ1) is 24.7. The van der Waals surface area contributed by atoms with Crippen LogP contribution in [0.5, 0.6) is 0 Å². The predicted octanol–water partition coefficient (Wildman–Crippen LogP) is 8.81. The fourth-order valence-corrected chi connectivity index (χ4v) is 8.28. The highest BCUT2D eigenvalue weighted by atomic mass is 32.2. The molecule has 0 aliphatic heterocycles. The molecule has 0 saturated heterocycles. The molecule has 0 amide bonds. The zero-order valence-corrected chi connectivity index (χ0v) is 28.6. The van der Waals surface area contributed by atoms with Crippen molar-refractivity contribution in [1.29, 1.82) is 0 Å². The van der Waals surface area contributed by atoms with Gasteiger partial charge in [-0.3, -0.25) is 4.68 Å². The van der Waals surface area contributed by atoms with Crippen molar-refractivity contribution in [3.05, 3.63) is 174 Å². The number of halogens is 2. The van der Waals surface area contributed by atoms with Crippen molar-refractivity contribution in [1.82, 2.24) is 24.7 Å². The molecule has 0 N–H and O–H groups in total. The molecule has 0 fully saturated rings. The molecule has 0 aliphatic rings. The van der Waals surface area contributed by atoms with E-state index in [2.05, 4.69) is 15.0 Å². The molecule has 8 aromatic rings. The molecule has 51 heavy (non-hydrogen) atoms. The average Bonchev–Trinajstić information content (AvgIpc) is 3.82. The fourth-order valence-electron chi connectivity index (χ4n) is 6.54. The van der Waals surface area contributed by atoms with Crippen LogP contribution in [0.1, 0.15) is 16.7 Å². The molecule has 7 nitrogen and oxygen atoms in total. The summed E-state index contributed by atoms with van der Waals surface area (Å²) in [6.45, 7) is 0. The van der Waals surface area contributed by atoms with Crippen molar-refractivity contribution in [2.75, 3.05) is 6.26 Å². The van der Waals surface area contributed by atoms with Crippen LogP contribution in [0.3, 0.4) is 0 Å². The Kier molecular flexibility index (Phi) is 8.08. The van der Waals surface area contributed by atoms with Crippen LogP contribution in [0.4, 0.5) is 8.78 Å². The number of hydrogen-bond acceptors (Lipinski definition) is 7. The predicted molar refractivity (Wildman–Crippen MR) is 195 cm³/mol. The molecule has 0 aliphatic carbocycles. The van der Waals surface area contributed by atoms with Crippen molar-refractivity contribution < 1.29 is 17.2 Å². The Morgan fingerprint density at radius 1 is 0.686 bits per heavy atom. The molecule has 5 aromatic carbocycles. The third-order valence-corrected chi connectivity index (χ3v) is 11.6. The van der Waals surface area contributed by atoms with Crippen LogP contribution in [0.25, 0.3) is 44.0 Å². The highest BCUT2D eigenvalue weighted by Crippen LogP contribution is 2.44. The summed E-state index contributed by atoms with van der Waals surface area (Å²) in [5, 5.41) is 6.08. The quantitative estimate of drug-likeness (QED) is 0.146. The van der Waals surface area contributed by atoms with Gasteiger partial charge in [0.1, 0.15) is 44.1 Å². The van der Waals surface area contributed by atoms with Gasteiger partial charge in [0.25, 0.3) is 0 Å². The number of hydrogen-bond donors (Lipinski definition) is 0. The van der Waals surface area contributed by atoms with Crippen molar-refractivity contribution in [2.24, 2.45) is 0 Å². The summed E-state index contributed by atoms with van der Waals surface area (Å²) in [4.78, 5) is 13.3. The van der Waals surface area contributed by atoms with Crippen molar-refractivity contribution in [3.8, 4) is 33.1 Å². The molecule has 0 unspecified atom stereocenters. The summed E-state index contributed by atoms with van der Waals surface area (Å²) in [5.74, 6) is -1.51. The summed E-state index contributed by atoms with van der Waals surface area (Å²) >= 11 is 1.01. The number of fused-ring (bicyclic) bond motifs is 1. The lowest BCUT2D eigenvalue weighted by atomic mass is 9.77. The molecule has 11 heteroatoms. The van der Waals surface area contributed by atoms with E-state index in [9.17, 15) is 8.42 Å². The van der Waals surface area contributed by atoms with Crippen LogP contribution < -0.4 is 0 Å². The number of nitrogens with zero attached hydrogens (tertiary/aromatic N) is 5. The van der Waals surface area contributed by atoms with Crippen molar-refractivity contribution in [3.63, 3.8) is 0 Å². The number of benzene rings is 5. The summed E-state index contributed by atoms with van der Waals surface area (Å²) in [6.07, 6.45) is 5.66. The van der Waals surface area contributed by atoms with Crippen LogP contribution in [-0.2, 0) is 15.4 Å². The molecular formula is C40H27F2N5O2S2. The van der Waals surface area contributed by atoms with E-state index in [1.807, 2.05) is 109 Å². The highest BCUT2D eigenvalue weighted by molar-refractivity contribution is 7.92. The smallest absolute Gasteiger partial charge is 0.186 e. The first kappa shape index (κ1) is 32.3. The normalized spacial score (nSPS) is 12.0. The second kappa shape index (κ2) is 12.8. The molecule has 0 radical (unpaired) electrons. The first-order valence-electron chi connectivity index (χ1n) is 15.9. The second-order valence-electron chi connectivity index (χ2n) is 12.0. The van der Waals surface area contributed by atoms with E-state index >= 15 is 8.78 Å². The van der Waals surface area contributed by atoms with Crippen LogP contribution in [0, 0.1) is 11.6 Å². The Morgan fingerprint density at radius 2 is 1.27 bits per heavy atom. The Hall–Kier alpha value is -5.91. The largest absolute Gasteiger partial charge is 0.252 e. The van der Waals surface area contributed by atoms with Crippen molar-refractivity contribution >= 4 is 32.1 Å². The Morgan fingerprint density at radius 3 is 1.82 bits per heavy atom. The fraction of sp³-hybridized carbons (Fsp3) is 0.0500. The van der Waals surface area contributed by atoms with Crippen LogP contribution in [-0.4, -0.2) is 39.4 Å². The molecule has 3 aromatic heterocycles. The molecule has 250 valence electrons. The Labute approximate surface area is 296 Å². The maximum Gasteiger partial charge on any atom is 0.186 e. The minimum absolute atomic E-state index is 0.101. The van der Waals surface area contributed by atoms with Gasteiger partial charge >= 0.3 is 0 Å². The Bertz CT molecular complexity index is 2530. The van der Waals surface area contributed by atoms with Gasteiger partial charge in [0, 0.05) is 23.4 Å². The van der Waals surface area contributed by atoms with E-state index in [4.69, 9.17) is 5.10 Å². The van der Waals surface area contributed by atoms with E-state index in [0.29, 0.717) is 32.7 Å². The third-order valence-electron chi connectivity index (χ3n) is 8.83. The number of aromatic nitrogens is 5. The van der Waals surface area contributed by atoms with Gasteiger partial charge in [0.2, 0.25) is 0 Å². The van der Waals surface area contributed by atoms with Gasteiger partial charge in [-0.2, -0.15) is 5.10 Å². The maximum atomic E-state index is 15.8. The standard InChI is InChI=1S/C40H27F2N5O2S2/c1-51(48,49)35-23-43-39(50-35)38-30-22-26(20-21-34(30)44-25-45-38)31-24-47(46-37(31)36-32(41)18-11-19-33(36)42)40(27-12-5-2-6-13-27,28-14-7-3-8-15-28)29-16-9-4-10-17-29/h2-25H,1H3. The zero-order valence-electron chi connectivity index (χ0n) is 27.0.